The molecule has 0 saturated carbocycles. The Labute approximate surface area is 127 Å². The van der Waals surface area contributed by atoms with Crippen LogP contribution in [0.1, 0.15) is 37.9 Å². The van der Waals surface area contributed by atoms with Gasteiger partial charge in [-0.05, 0) is 45.2 Å². The highest BCUT2D eigenvalue weighted by Crippen LogP contribution is 2.15. The molecule has 114 valence electrons. The van der Waals surface area contributed by atoms with Gasteiger partial charge in [0.25, 0.3) is 0 Å². The van der Waals surface area contributed by atoms with Crippen molar-refractivity contribution in [3.05, 3.63) is 17.5 Å². The number of nitrogens with one attached hydrogen (secondary N) is 1. The largest absolute Gasteiger partial charge is 0.341 e. The highest BCUT2D eigenvalue weighted by atomic mass is 32.2. The molecule has 0 aliphatic rings. The first-order valence-corrected chi connectivity index (χ1v) is 8.74. The quantitative estimate of drug-likeness (QED) is 0.710. The second-order valence-electron chi connectivity index (χ2n) is 5.20. The Bertz CT molecular complexity index is 397. The standard InChI is InChI=1S/C15H28N4S/c1-6-8-16-10-14-11-17-15(18-13(14)3)19(4)12(2)7-9-20-5/h11-12,16H,6-10H2,1-5H3. The Morgan fingerprint density at radius 2 is 2.20 bits per heavy atom. The first kappa shape index (κ1) is 17.2. The summed E-state index contributed by atoms with van der Waals surface area (Å²) in [5.74, 6) is 2.00. The van der Waals surface area contributed by atoms with Crippen molar-refractivity contribution in [3.63, 3.8) is 0 Å². The predicted octanol–water partition coefficient (Wildman–Crippen LogP) is 2.86. The molecule has 0 aliphatic carbocycles. The van der Waals surface area contributed by atoms with Crippen molar-refractivity contribution in [1.82, 2.24) is 15.3 Å². The third-order valence-electron chi connectivity index (χ3n) is 3.53. The van der Waals surface area contributed by atoms with E-state index < -0.39 is 0 Å². The number of hydrogen-bond donors (Lipinski definition) is 1. The van der Waals surface area contributed by atoms with Crippen LogP contribution in [0.25, 0.3) is 0 Å². The van der Waals surface area contributed by atoms with E-state index in [1.165, 1.54) is 11.3 Å². The van der Waals surface area contributed by atoms with Gasteiger partial charge in [0.15, 0.2) is 0 Å². The number of thioether (sulfide) groups is 1. The van der Waals surface area contributed by atoms with Gasteiger partial charge in [0.1, 0.15) is 0 Å². The lowest BCUT2D eigenvalue weighted by Gasteiger charge is -2.25. The molecule has 0 radical (unpaired) electrons. The molecule has 0 bridgehead atoms. The highest BCUT2D eigenvalue weighted by Gasteiger charge is 2.13. The van der Waals surface area contributed by atoms with Gasteiger partial charge in [-0.15, -0.1) is 0 Å². The monoisotopic (exact) mass is 296 g/mol. The Morgan fingerprint density at radius 3 is 2.80 bits per heavy atom. The van der Waals surface area contributed by atoms with Crippen molar-refractivity contribution in [2.45, 2.75) is 46.2 Å². The Kier molecular flexibility index (Phi) is 7.92. The summed E-state index contributed by atoms with van der Waals surface area (Å²) in [6.45, 7) is 8.35. The number of aromatic nitrogens is 2. The first-order chi connectivity index (χ1) is 9.60. The van der Waals surface area contributed by atoms with Crippen LogP contribution in [-0.4, -0.2) is 41.6 Å². The van der Waals surface area contributed by atoms with Crippen LogP contribution in [0.2, 0.25) is 0 Å². The minimum atomic E-state index is 0.464. The van der Waals surface area contributed by atoms with E-state index >= 15 is 0 Å². The molecular formula is C15H28N4S. The van der Waals surface area contributed by atoms with E-state index in [0.29, 0.717) is 6.04 Å². The molecule has 1 atom stereocenters. The Morgan fingerprint density at radius 1 is 1.45 bits per heavy atom. The molecule has 1 aromatic heterocycles. The van der Waals surface area contributed by atoms with Gasteiger partial charge in [0, 0.05) is 37.1 Å². The van der Waals surface area contributed by atoms with Crippen LogP contribution >= 0.6 is 11.8 Å². The average Bonchev–Trinajstić information content (AvgIpc) is 2.45. The molecule has 1 N–H and O–H groups in total. The minimum absolute atomic E-state index is 0.464. The zero-order valence-electron chi connectivity index (χ0n) is 13.4. The maximum Gasteiger partial charge on any atom is 0.225 e. The van der Waals surface area contributed by atoms with Crippen molar-refractivity contribution in [3.8, 4) is 0 Å². The molecule has 0 saturated heterocycles. The Hall–Kier alpha value is -0.810. The van der Waals surface area contributed by atoms with E-state index in [4.69, 9.17) is 0 Å². The van der Waals surface area contributed by atoms with Gasteiger partial charge in [-0.3, -0.25) is 0 Å². The first-order valence-electron chi connectivity index (χ1n) is 7.35. The molecule has 0 fully saturated rings. The summed E-state index contributed by atoms with van der Waals surface area (Å²) in [6, 6.07) is 0.464. The Balaban J connectivity index is 2.65. The van der Waals surface area contributed by atoms with Gasteiger partial charge < -0.3 is 10.2 Å². The smallest absolute Gasteiger partial charge is 0.225 e. The van der Waals surface area contributed by atoms with E-state index in [-0.39, 0.29) is 0 Å². The molecule has 1 rings (SSSR count). The van der Waals surface area contributed by atoms with Crippen LogP contribution in [-0.2, 0) is 6.54 Å². The van der Waals surface area contributed by atoms with Crippen LogP contribution in [0.5, 0.6) is 0 Å². The summed E-state index contributed by atoms with van der Waals surface area (Å²) in [6.07, 6.45) is 6.40. The fourth-order valence-electron chi connectivity index (χ4n) is 1.90. The van der Waals surface area contributed by atoms with E-state index in [9.17, 15) is 0 Å². The van der Waals surface area contributed by atoms with Crippen LogP contribution in [0, 0.1) is 6.92 Å². The van der Waals surface area contributed by atoms with E-state index in [1.807, 2.05) is 18.0 Å². The maximum absolute atomic E-state index is 4.65. The fraction of sp³-hybridized carbons (Fsp3) is 0.733. The van der Waals surface area contributed by atoms with Gasteiger partial charge in [-0.1, -0.05) is 6.92 Å². The molecule has 0 aromatic carbocycles. The highest BCUT2D eigenvalue weighted by molar-refractivity contribution is 7.98. The van der Waals surface area contributed by atoms with Gasteiger partial charge in [-0.2, -0.15) is 11.8 Å². The third kappa shape index (κ3) is 5.29. The zero-order valence-corrected chi connectivity index (χ0v) is 14.3. The lowest BCUT2D eigenvalue weighted by molar-refractivity contribution is 0.645. The van der Waals surface area contributed by atoms with E-state index in [0.717, 1.165) is 37.6 Å². The molecule has 5 heteroatoms. The van der Waals surface area contributed by atoms with E-state index in [1.54, 1.807) is 0 Å². The number of rotatable bonds is 9. The van der Waals surface area contributed by atoms with Crippen molar-refractivity contribution in [1.29, 1.82) is 0 Å². The van der Waals surface area contributed by atoms with Crippen molar-refractivity contribution < 1.29 is 0 Å². The molecule has 0 aliphatic heterocycles. The number of hydrogen-bond acceptors (Lipinski definition) is 5. The van der Waals surface area contributed by atoms with Crippen LogP contribution in [0.4, 0.5) is 5.95 Å². The topological polar surface area (TPSA) is 41.1 Å². The third-order valence-corrected chi connectivity index (χ3v) is 4.17. The summed E-state index contributed by atoms with van der Waals surface area (Å²) in [5, 5.41) is 3.40. The lowest BCUT2D eigenvalue weighted by Crippen LogP contribution is -2.31. The molecule has 1 unspecified atom stereocenters. The predicted molar refractivity (Wildman–Crippen MR) is 89.6 cm³/mol. The summed E-state index contributed by atoms with van der Waals surface area (Å²) >= 11 is 1.88. The summed E-state index contributed by atoms with van der Waals surface area (Å²) in [7, 11) is 2.08. The molecule has 4 nitrogen and oxygen atoms in total. The van der Waals surface area contributed by atoms with Gasteiger partial charge in [0.2, 0.25) is 5.95 Å². The van der Waals surface area contributed by atoms with Gasteiger partial charge >= 0.3 is 0 Å². The maximum atomic E-state index is 4.65. The summed E-state index contributed by atoms with van der Waals surface area (Å²) in [5.41, 5.74) is 2.26. The van der Waals surface area contributed by atoms with Crippen LogP contribution in [0.15, 0.2) is 6.20 Å². The van der Waals surface area contributed by atoms with Crippen molar-refractivity contribution >= 4 is 17.7 Å². The lowest BCUT2D eigenvalue weighted by atomic mass is 10.2. The number of nitrogens with zero attached hydrogens (tertiary/aromatic N) is 3. The zero-order chi connectivity index (χ0) is 15.0. The molecule has 0 spiro atoms. The number of aryl methyl sites for hydroxylation is 1. The van der Waals surface area contributed by atoms with Crippen LogP contribution in [0.3, 0.4) is 0 Å². The van der Waals surface area contributed by atoms with Crippen molar-refractivity contribution in [2.24, 2.45) is 0 Å². The van der Waals surface area contributed by atoms with Gasteiger partial charge in [-0.25, -0.2) is 9.97 Å². The van der Waals surface area contributed by atoms with E-state index in [2.05, 4.69) is 54.3 Å². The fourth-order valence-corrected chi connectivity index (χ4v) is 2.48. The molecule has 0 amide bonds. The molecule has 1 aromatic rings. The van der Waals surface area contributed by atoms with Crippen LogP contribution < -0.4 is 10.2 Å². The molecule has 1 heterocycles. The van der Waals surface area contributed by atoms with Gasteiger partial charge in [0.05, 0.1) is 0 Å². The normalized spacial score (nSPS) is 12.4. The molecular weight excluding hydrogens is 268 g/mol. The second-order valence-corrected chi connectivity index (χ2v) is 6.18. The summed E-state index contributed by atoms with van der Waals surface area (Å²) in [4.78, 5) is 11.3. The molecule has 20 heavy (non-hydrogen) atoms. The SMILES string of the molecule is CCCNCc1cnc(N(C)C(C)CCSC)nc1C. The summed E-state index contributed by atoms with van der Waals surface area (Å²) < 4.78 is 0. The average molecular weight is 296 g/mol. The minimum Gasteiger partial charge on any atom is -0.341 e. The second kappa shape index (κ2) is 9.19. The van der Waals surface area contributed by atoms with Crippen molar-refractivity contribution in [2.75, 3.05) is 30.5 Å². The number of anilines is 1.